The Bertz CT molecular complexity index is 1020. The maximum atomic E-state index is 12.2. The molecule has 3 N–H and O–H groups in total. The number of rotatable bonds is 7. The molecule has 0 saturated heterocycles. The number of nitrogens with zero attached hydrogens (tertiary/aromatic N) is 1. The van der Waals surface area contributed by atoms with Crippen LogP contribution in [0.2, 0.25) is 0 Å². The number of guanidine groups is 1. The molecule has 1 amide bonds. The van der Waals surface area contributed by atoms with Gasteiger partial charge in [0.1, 0.15) is 17.1 Å². The predicted octanol–water partition coefficient (Wildman–Crippen LogP) is 3.46. The van der Waals surface area contributed by atoms with E-state index in [1.807, 2.05) is 25.1 Å². The maximum Gasteiger partial charge on any atom is 0.251 e. The lowest BCUT2D eigenvalue weighted by atomic mass is 10.1. The molecule has 0 aliphatic carbocycles. The number of halogens is 1. The highest BCUT2D eigenvalue weighted by molar-refractivity contribution is 14.0. The van der Waals surface area contributed by atoms with Crippen LogP contribution in [0, 0.1) is 6.92 Å². The molecule has 160 valence electrons. The number of carbonyl (C=O) groups is 1. The molecule has 0 fully saturated rings. The maximum absolute atomic E-state index is 12.2. The smallest absolute Gasteiger partial charge is 0.251 e. The van der Waals surface area contributed by atoms with E-state index in [0.717, 1.165) is 22.3 Å². The van der Waals surface area contributed by atoms with Gasteiger partial charge in [-0.3, -0.25) is 9.79 Å². The van der Waals surface area contributed by atoms with Crippen molar-refractivity contribution in [3.63, 3.8) is 0 Å². The van der Waals surface area contributed by atoms with Crippen molar-refractivity contribution in [2.75, 3.05) is 27.2 Å². The van der Waals surface area contributed by atoms with Crippen LogP contribution in [0.4, 0.5) is 0 Å². The number of fused-ring (bicyclic) bond motifs is 1. The molecule has 2 aromatic carbocycles. The van der Waals surface area contributed by atoms with Crippen molar-refractivity contribution in [3.8, 4) is 5.75 Å². The monoisotopic (exact) mass is 522 g/mol. The second-order valence-corrected chi connectivity index (χ2v) is 6.49. The molecule has 0 radical (unpaired) electrons. The molecule has 0 saturated carbocycles. The van der Waals surface area contributed by atoms with E-state index in [2.05, 4.69) is 27.0 Å². The second-order valence-electron chi connectivity index (χ2n) is 6.49. The van der Waals surface area contributed by atoms with Crippen molar-refractivity contribution < 1.29 is 13.9 Å². The fourth-order valence-electron chi connectivity index (χ4n) is 3.00. The third-order valence-electron chi connectivity index (χ3n) is 4.62. The highest BCUT2D eigenvalue weighted by atomic mass is 127. The lowest BCUT2D eigenvalue weighted by molar-refractivity contribution is 0.0954. The van der Waals surface area contributed by atoms with E-state index in [9.17, 15) is 4.79 Å². The second kappa shape index (κ2) is 11.4. The summed E-state index contributed by atoms with van der Waals surface area (Å²) in [5.74, 6) is 2.02. The minimum Gasteiger partial charge on any atom is -0.497 e. The van der Waals surface area contributed by atoms with Crippen molar-refractivity contribution in [2.45, 2.75) is 13.5 Å². The SMILES string of the molecule is CN=C(NCCNC(=O)c1cccc(OC)c1)NCc1oc2ccccc2c1C.I. The van der Waals surface area contributed by atoms with Crippen molar-refractivity contribution in [1.82, 2.24) is 16.0 Å². The highest BCUT2D eigenvalue weighted by Crippen LogP contribution is 2.24. The van der Waals surface area contributed by atoms with Gasteiger partial charge in [-0.15, -0.1) is 24.0 Å². The topological polar surface area (TPSA) is 87.9 Å². The Morgan fingerprint density at radius 2 is 1.83 bits per heavy atom. The summed E-state index contributed by atoms with van der Waals surface area (Å²) in [6.45, 7) is 3.57. The average Bonchev–Trinajstić information content (AvgIpc) is 3.09. The number of furan rings is 1. The molecule has 8 heteroatoms. The molecule has 3 rings (SSSR count). The number of aliphatic imine (C=N–C) groups is 1. The van der Waals surface area contributed by atoms with Gasteiger partial charge in [-0.05, 0) is 31.2 Å². The van der Waals surface area contributed by atoms with Crippen molar-refractivity contribution in [3.05, 3.63) is 65.4 Å². The van der Waals surface area contributed by atoms with Crippen LogP contribution < -0.4 is 20.7 Å². The molecular formula is C22H27IN4O3. The van der Waals surface area contributed by atoms with Gasteiger partial charge in [-0.2, -0.15) is 0 Å². The minimum absolute atomic E-state index is 0. The van der Waals surface area contributed by atoms with Crippen molar-refractivity contribution in [2.24, 2.45) is 4.99 Å². The third kappa shape index (κ3) is 5.88. The zero-order valence-corrected chi connectivity index (χ0v) is 19.7. The first-order valence-corrected chi connectivity index (χ1v) is 9.46. The lowest BCUT2D eigenvalue weighted by Crippen LogP contribution is -2.41. The van der Waals surface area contributed by atoms with E-state index >= 15 is 0 Å². The van der Waals surface area contributed by atoms with Gasteiger partial charge in [-0.25, -0.2) is 0 Å². The van der Waals surface area contributed by atoms with Crippen LogP contribution in [0.3, 0.4) is 0 Å². The number of amides is 1. The Morgan fingerprint density at radius 1 is 1.07 bits per heavy atom. The van der Waals surface area contributed by atoms with E-state index in [4.69, 9.17) is 9.15 Å². The normalized spacial score (nSPS) is 11.0. The standard InChI is InChI=1S/C22H26N4O3.HI/c1-15-18-9-4-5-10-19(18)29-20(15)14-26-22(23-2)25-12-11-24-21(27)16-7-6-8-17(13-16)28-3;/h4-10,13H,11-12,14H2,1-3H3,(H,24,27)(H2,23,25,26);1H. The van der Waals surface area contributed by atoms with Gasteiger partial charge in [0.15, 0.2) is 5.96 Å². The molecule has 1 aromatic heterocycles. The quantitative estimate of drug-likeness (QED) is 0.192. The summed E-state index contributed by atoms with van der Waals surface area (Å²) in [7, 11) is 3.28. The third-order valence-corrected chi connectivity index (χ3v) is 4.62. The van der Waals surface area contributed by atoms with Crippen LogP contribution >= 0.6 is 24.0 Å². The Hall–Kier alpha value is -2.75. The van der Waals surface area contributed by atoms with Gasteiger partial charge >= 0.3 is 0 Å². The number of ether oxygens (including phenoxy) is 1. The van der Waals surface area contributed by atoms with Gasteiger partial charge in [0.2, 0.25) is 0 Å². The molecule has 1 heterocycles. The van der Waals surface area contributed by atoms with Crippen LogP contribution in [-0.2, 0) is 6.54 Å². The summed E-state index contributed by atoms with van der Waals surface area (Å²) in [5, 5.41) is 10.4. The van der Waals surface area contributed by atoms with Gasteiger partial charge in [-0.1, -0.05) is 24.3 Å². The van der Waals surface area contributed by atoms with E-state index in [0.29, 0.717) is 36.9 Å². The van der Waals surface area contributed by atoms with Crippen molar-refractivity contribution >= 4 is 46.8 Å². The Labute approximate surface area is 193 Å². The molecular weight excluding hydrogens is 495 g/mol. The summed E-state index contributed by atoms with van der Waals surface area (Å²) in [4.78, 5) is 16.4. The number of methoxy groups -OCH3 is 1. The molecule has 0 aliphatic heterocycles. The van der Waals surface area contributed by atoms with Gasteiger partial charge < -0.3 is 25.1 Å². The van der Waals surface area contributed by atoms with Crippen LogP contribution in [0.5, 0.6) is 5.75 Å². The van der Waals surface area contributed by atoms with Crippen LogP contribution in [0.15, 0.2) is 57.9 Å². The molecule has 0 aliphatic rings. The molecule has 0 atom stereocenters. The number of hydrogen-bond acceptors (Lipinski definition) is 4. The largest absolute Gasteiger partial charge is 0.497 e. The number of nitrogens with one attached hydrogen (secondary N) is 3. The Morgan fingerprint density at radius 3 is 2.57 bits per heavy atom. The molecule has 30 heavy (non-hydrogen) atoms. The molecule has 0 spiro atoms. The number of benzene rings is 2. The first-order valence-electron chi connectivity index (χ1n) is 9.46. The summed E-state index contributed by atoms with van der Waals surface area (Å²) in [5.41, 5.74) is 2.56. The fourth-order valence-corrected chi connectivity index (χ4v) is 3.00. The number of carbonyl (C=O) groups excluding carboxylic acids is 1. The molecule has 0 unspecified atom stereocenters. The fraction of sp³-hybridized carbons (Fsp3) is 0.273. The number of hydrogen-bond donors (Lipinski definition) is 3. The predicted molar refractivity (Wildman–Crippen MR) is 130 cm³/mol. The summed E-state index contributed by atoms with van der Waals surface area (Å²) in [6, 6.07) is 15.0. The summed E-state index contributed by atoms with van der Waals surface area (Å²) >= 11 is 0. The number of aryl methyl sites for hydroxylation is 1. The Kier molecular flexibility index (Phi) is 8.97. The first-order chi connectivity index (χ1) is 14.1. The molecule has 3 aromatic rings. The summed E-state index contributed by atoms with van der Waals surface area (Å²) < 4.78 is 11.0. The van der Waals surface area contributed by atoms with Crippen LogP contribution in [0.1, 0.15) is 21.7 Å². The van der Waals surface area contributed by atoms with E-state index in [1.54, 1.807) is 38.4 Å². The average molecular weight is 522 g/mol. The lowest BCUT2D eigenvalue weighted by Gasteiger charge is -2.12. The van der Waals surface area contributed by atoms with Crippen LogP contribution in [-0.4, -0.2) is 39.1 Å². The van der Waals surface area contributed by atoms with E-state index in [-0.39, 0.29) is 29.9 Å². The first kappa shape index (κ1) is 23.5. The van der Waals surface area contributed by atoms with E-state index < -0.39 is 0 Å². The molecule has 0 bridgehead atoms. The summed E-state index contributed by atoms with van der Waals surface area (Å²) in [6.07, 6.45) is 0. The van der Waals surface area contributed by atoms with Gasteiger partial charge in [0.25, 0.3) is 5.91 Å². The van der Waals surface area contributed by atoms with E-state index in [1.165, 1.54) is 0 Å². The van der Waals surface area contributed by atoms with Crippen molar-refractivity contribution in [1.29, 1.82) is 0 Å². The van der Waals surface area contributed by atoms with Gasteiger partial charge in [0, 0.05) is 36.7 Å². The zero-order chi connectivity index (χ0) is 20.6. The molecule has 7 nitrogen and oxygen atoms in total. The van der Waals surface area contributed by atoms with Gasteiger partial charge in [0.05, 0.1) is 13.7 Å². The zero-order valence-electron chi connectivity index (χ0n) is 17.3. The number of para-hydroxylation sites is 1. The minimum atomic E-state index is -0.147. The highest BCUT2D eigenvalue weighted by Gasteiger charge is 2.10. The Balaban J connectivity index is 0.00000320. The van der Waals surface area contributed by atoms with Crippen LogP contribution in [0.25, 0.3) is 11.0 Å².